The zero-order valence-corrected chi connectivity index (χ0v) is 11.0. The molecule has 84 valence electrons. The Morgan fingerprint density at radius 3 is 2.88 bits per heavy atom. The Kier molecular flexibility index (Phi) is 3.51. The third kappa shape index (κ3) is 2.57. The van der Waals surface area contributed by atoms with Gasteiger partial charge >= 0.3 is 0 Å². The van der Waals surface area contributed by atoms with Crippen LogP contribution in [0.1, 0.15) is 11.3 Å². The number of anilines is 1. The van der Waals surface area contributed by atoms with E-state index in [0.29, 0.717) is 11.7 Å². The lowest BCUT2D eigenvalue weighted by molar-refractivity contribution is 0.495. The minimum absolute atomic E-state index is 0.477. The molecule has 2 aromatic heterocycles. The van der Waals surface area contributed by atoms with Crippen LogP contribution in [0, 0.1) is 6.92 Å². The highest BCUT2D eigenvalue weighted by atomic mass is 79.9. The molecule has 0 bridgehead atoms. The van der Waals surface area contributed by atoms with Gasteiger partial charge < -0.3 is 9.73 Å². The maximum atomic E-state index is 5.99. The zero-order valence-electron chi connectivity index (χ0n) is 8.63. The molecule has 0 aliphatic heterocycles. The van der Waals surface area contributed by atoms with E-state index in [4.69, 9.17) is 16.0 Å². The highest BCUT2D eigenvalue weighted by Gasteiger charge is 2.05. The van der Waals surface area contributed by atoms with Crippen molar-refractivity contribution in [1.82, 2.24) is 4.98 Å². The third-order valence-corrected chi connectivity index (χ3v) is 2.89. The first-order chi connectivity index (χ1) is 7.66. The van der Waals surface area contributed by atoms with Crippen LogP contribution in [-0.2, 0) is 6.54 Å². The van der Waals surface area contributed by atoms with E-state index >= 15 is 0 Å². The number of hydrogen-bond donors (Lipinski definition) is 1. The number of nitrogens with zero attached hydrogens (tertiary/aromatic N) is 1. The Morgan fingerprint density at radius 2 is 2.25 bits per heavy atom. The monoisotopic (exact) mass is 300 g/mol. The van der Waals surface area contributed by atoms with E-state index in [1.165, 1.54) is 0 Å². The Morgan fingerprint density at radius 1 is 1.44 bits per heavy atom. The number of rotatable bonds is 3. The summed E-state index contributed by atoms with van der Waals surface area (Å²) in [5, 5.41) is 3.68. The second-order valence-electron chi connectivity index (χ2n) is 3.35. The van der Waals surface area contributed by atoms with Crippen LogP contribution in [0.25, 0.3) is 0 Å². The first-order valence-electron chi connectivity index (χ1n) is 4.76. The van der Waals surface area contributed by atoms with Gasteiger partial charge in [0, 0.05) is 6.20 Å². The van der Waals surface area contributed by atoms with Crippen LogP contribution >= 0.6 is 27.5 Å². The summed E-state index contributed by atoms with van der Waals surface area (Å²) >= 11 is 9.24. The normalized spacial score (nSPS) is 10.4. The van der Waals surface area contributed by atoms with E-state index in [1.807, 2.05) is 25.1 Å². The Labute approximate surface area is 107 Å². The van der Waals surface area contributed by atoms with Gasteiger partial charge in [0.2, 0.25) is 0 Å². The van der Waals surface area contributed by atoms with Crippen LogP contribution in [0.2, 0.25) is 5.15 Å². The lowest BCUT2D eigenvalue weighted by atomic mass is 10.2. The smallest absolute Gasteiger partial charge is 0.169 e. The number of aromatic nitrogens is 1. The van der Waals surface area contributed by atoms with Crippen molar-refractivity contribution < 1.29 is 4.42 Å². The lowest BCUT2D eigenvalue weighted by Crippen LogP contribution is -2.01. The van der Waals surface area contributed by atoms with Gasteiger partial charge in [-0.25, -0.2) is 4.98 Å². The van der Waals surface area contributed by atoms with Crippen LogP contribution in [0.4, 0.5) is 5.69 Å². The topological polar surface area (TPSA) is 38.1 Å². The molecule has 0 aliphatic carbocycles. The number of halogens is 2. The molecule has 0 radical (unpaired) electrons. The minimum Gasteiger partial charge on any atom is -0.452 e. The van der Waals surface area contributed by atoms with E-state index < -0.39 is 0 Å². The van der Waals surface area contributed by atoms with E-state index in [1.54, 1.807) is 6.20 Å². The standard InChI is InChI=1S/C11H10BrClN2O/c1-7-4-5-14-11(13)10(7)15-6-8-2-3-9(12)16-8/h2-5,15H,6H2,1H3. The fourth-order valence-corrected chi connectivity index (χ4v) is 1.97. The zero-order chi connectivity index (χ0) is 11.5. The lowest BCUT2D eigenvalue weighted by Gasteiger charge is -2.08. The summed E-state index contributed by atoms with van der Waals surface area (Å²) in [6.45, 7) is 2.56. The fourth-order valence-electron chi connectivity index (χ4n) is 1.36. The summed E-state index contributed by atoms with van der Waals surface area (Å²) in [5.41, 5.74) is 1.90. The number of nitrogens with one attached hydrogen (secondary N) is 1. The highest BCUT2D eigenvalue weighted by Crippen LogP contribution is 2.24. The minimum atomic E-state index is 0.477. The van der Waals surface area contributed by atoms with Crippen LogP contribution in [0.5, 0.6) is 0 Å². The molecule has 2 aromatic rings. The predicted molar refractivity (Wildman–Crippen MR) is 67.7 cm³/mol. The molecule has 2 heterocycles. The predicted octanol–water partition coefficient (Wildman–Crippen LogP) is 4.01. The van der Waals surface area contributed by atoms with Crippen molar-refractivity contribution in [2.24, 2.45) is 0 Å². The van der Waals surface area contributed by atoms with E-state index in [-0.39, 0.29) is 0 Å². The van der Waals surface area contributed by atoms with Crippen molar-refractivity contribution in [3.8, 4) is 0 Å². The average molecular weight is 302 g/mol. The molecule has 2 rings (SSSR count). The van der Waals surface area contributed by atoms with Crippen molar-refractivity contribution in [1.29, 1.82) is 0 Å². The average Bonchev–Trinajstić information content (AvgIpc) is 2.63. The van der Waals surface area contributed by atoms with E-state index in [0.717, 1.165) is 21.7 Å². The molecule has 0 spiro atoms. The van der Waals surface area contributed by atoms with Gasteiger partial charge in [-0.3, -0.25) is 0 Å². The molecule has 0 saturated heterocycles. The number of hydrogen-bond acceptors (Lipinski definition) is 3. The highest BCUT2D eigenvalue weighted by molar-refractivity contribution is 9.10. The van der Waals surface area contributed by atoms with Crippen molar-refractivity contribution in [2.45, 2.75) is 13.5 Å². The summed E-state index contributed by atoms with van der Waals surface area (Å²) in [4.78, 5) is 4.02. The maximum Gasteiger partial charge on any atom is 0.169 e. The molecular weight excluding hydrogens is 291 g/mol. The van der Waals surface area contributed by atoms with Crippen molar-refractivity contribution in [3.63, 3.8) is 0 Å². The maximum absolute atomic E-state index is 5.99. The van der Waals surface area contributed by atoms with Crippen molar-refractivity contribution >= 4 is 33.2 Å². The Bertz CT molecular complexity index is 478. The van der Waals surface area contributed by atoms with Crippen molar-refractivity contribution in [3.05, 3.63) is 45.5 Å². The molecule has 0 aliphatic rings. The van der Waals surface area contributed by atoms with Gasteiger partial charge in [0.15, 0.2) is 9.82 Å². The molecule has 0 fully saturated rings. The SMILES string of the molecule is Cc1ccnc(Cl)c1NCc1ccc(Br)o1. The second-order valence-corrected chi connectivity index (χ2v) is 4.49. The summed E-state index contributed by atoms with van der Waals surface area (Å²) in [7, 11) is 0. The second kappa shape index (κ2) is 4.89. The van der Waals surface area contributed by atoms with Gasteiger partial charge in [-0.15, -0.1) is 0 Å². The van der Waals surface area contributed by atoms with Gasteiger partial charge in [-0.2, -0.15) is 0 Å². The molecule has 0 aromatic carbocycles. The first kappa shape index (κ1) is 11.5. The summed E-state index contributed by atoms with van der Waals surface area (Å²) in [5.74, 6) is 0.839. The molecule has 1 N–H and O–H groups in total. The van der Waals surface area contributed by atoms with Crippen molar-refractivity contribution in [2.75, 3.05) is 5.32 Å². The number of furan rings is 1. The summed E-state index contributed by atoms with van der Waals surface area (Å²) in [6.07, 6.45) is 1.69. The van der Waals surface area contributed by atoms with Gasteiger partial charge in [-0.05, 0) is 46.6 Å². The molecule has 0 atom stereocenters. The van der Waals surface area contributed by atoms with Crippen LogP contribution in [0.15, 0.2) is 33.5 Å². The Balaban J connectivity index is 2.10. The number of aryl methyl sites for hydroxylation is 1. The number of pyridine rings is 1. The molecule has 3 nitrogen and oxygen atoms in total. The first-order valence-corrected chi connectivity index (χ1v) is 5.93. The molecule has 0 saturated carbocycles. The van der Waals surface area contributed by atoms with Crippen LogP contribution < -0.4 is 5.32 Å². The van der Waals surface area contributed by atoms with Gasteiger partial charge in [0.05, 0.1) is 12.2 Å². The molecule has 0 amide bonds. The van der Waals surface area contributed by atoms with Gasteiger partial charge in [0.25, 0.3) is 0 Å². The summed E-state index contributed by atoms with van der Waals surface area (Å²) < 4.78 is 6.10. The quantitative estimate of drug-likeness (QED) is 0.870. The summed E-state index contributed by atoms with van der Waals surface area (Å²) in [6, 6.07) is 5.66. The Hall–Kier alpha value is -1.000. The van der Waals surface area contributed by atoms with Crippen LogP contribution in [-0.4, -0.2) is 4.98 Å². The fraction of sp³-hybridized carbons (Fsp3) is 0.182. The largest absolute Gasteiger partial charge is 0.452 e. The molecular formula is C11H10BrClN2O. The molecule has 0 unspecified atom stereocenters. The van der Waals surface area contributed by atoms with Gasteiger partial charge in [-0.1, -0.05) is 11.6 Å². The van der Waals surface area contributed by atoms with E-state index in [2.05, 4.69) is 26.2 Å². The van der Waals surface area contributed by atoms with E-state index in [9.17, 15) is 0 Å². The third-order valence-electron chi connectivity index (χ3n) is 2.18. The van der Waals surface area contributed by atoms with Crippen LogP contribution in [0.3, 0.4) is 0 Å². The molecule has 5 heteroatoms. The van der Waals surface area contributed by atoms with Gasteiger partial charge in [0.1, 0.15) is 5.76 Å². The molecule has 16 heavy (non-hydrogen) atoms.